The van der Waals surface area contributed by atoms with Crippen molar-refractivity contribution in [3.8, 4) is 0 Å². The van der Waals surface area contributed by atoms with Gasteiger partial charge in [-0.15, -0.1) is 0 Å². The monoisotopic (exact) mass is 569 g/mol. The van der Waals surface area contributed by atoms with Crippen LogP contribution in [0.25, 0.3) is 0 Å². The summed E-state index contributed by atoms with van der Waals surface area (Å²) in [6, 6.07) is 0. The number of hydrogen-bond donors (Lipinski definition) is 2. The Morgan fingerprint density at radius 1 is 0.902 bits per heavy atom. The highest BCUT2D eigenvalue weighted by Gasteiger charge is 2.38. The molecule has 6 atom stereocenters. The van der Waals surface area contributed by atoms with E-state index in [2.05, 4.69) is 106 Å². The van der Waals surface area contributed by atoms with E-state index in [9.17, 15) is 10.2 Å². The van der Waals surface area contributed by atoms with Crippen molar-refractivity contribution in [3.63, 3.8) is 0 Å². The Labute approximate surface area is 256 Å². The highest BCUT2D eigenvalue weighted by Crippen LogP contribution is 2.44. The lowest BCUT2D eigenvalue weighted by atomic mass is 9.63. The lowest BCUT2D eigenvalue weighted by Crippen LogP contribution is -2.38. The first-order valence-corrected chi connectivity index (χ1v) is 17.0. The average Bonchev–Trinajstić information content (AvgIpc) is 2.88. The zero-order valence-corrected chi connectivity index (χ0v) is 28.8. The molecule has 0 aromatic heterocycles. The van der Waals surface area contributed by atoms with Crippen molar-refractivity contribution in [2.45, 2.75) is 158 Å². The van der Waals surface area contributed by atoms with Crippen LogP contribution in [0.4, 0.5) is 0 Å². The van der Waals surface area contributed by atoms with Gasteiger partial charge in [0.15, 0.2) is 0 Å². The standard InChI is InChI=1S/C39H68O2/c1-11-36(40)26-34(7)33(6)24-22-31(4)20-14-18-29(2)16-12-13-17-30(3)19-15-21-32(5)23-25-38-35(8)27-37(41)28-39(38,9)10/h15,17,19,21,23,25,29,31,35-38,40-41H,11-14,16,18,20,22,24,26-28H2,1-10H3/b19-15+,25-23+,30-17+,32-21+,34-33+/t29?,31?,35?,36?,37-,38?/m1/s1. The van der Waals surface area contributed by atoms with Crippen LogP contribution in [0.3, 0.4) is 0 Å². The summed E-state index contributed by atoms with van der Waals surface area (Å²) < 4.78 is 0. The van der Waals surface area contributed by atoms with Crippen LogP contribution < -0.4 is 0 Å². The lowest BCUT2D eigenvalue weighted by molar-refractivity contribution is 0.00771. The summed E-state index contributed by atoms with van der Waals surface area (Å²) >= 11 is 0. The molecule has 0 heterocycles. The molecule has 0 bridgehead atoms. The molecule has 1 aliphatic carbocycles. The molecule has 0 spiro atoms. The van der Waals surface area contributed by atoms with Crippen LogP contribution in [0, 0.1) is 29.1 Å². The van der Waals surface area contributed by atoms with Crippen LogP contribution in [-0.2, 0) is 0 Å². The molecule has 2 heteroatoms. The molecule has 2 N–H and O–H groups in total. The highest BCUT2D eigenvalue weighted by atomic mass is 16.3. The third kappa shape index (κ3) is 16.2. The van der Waals surface area contributed by atoms with Crippen molar-refractivity contribution in [1.29, 1.82) is 0 Å². The molecule has 0 radical (unpaired) electrons. The Kier molecular flexibility index (Phi) is 18.1. The van der Waals surface area contributed by atoms with Gasteiger partial charge in [0.05, 0.1) is 12.2 Å². The molecule has 1 rings (SSSR count). The normalized spacial score (nSPS) is 25.0. The summed E-state index contributed by atoms with van der Waals surface area (Å²) in [6.45, 7) is 22.6. The zero-order valence-electron chi connectivity index (χ0n) is 28.8. The summed E-state index contributed by atoms with van der Waals surface area (Å²) in [5.41, 5.74) is 5.64. The summed E-state index contributed by atoms with van der Waals surface area (Å²) in [5, 5.41) is 20.1. The average molecular weight is 569 g/mol. The van der Waals surface area contributed by atoms with E-state index in [1.54, 1.807) is 0 Å². The van der Waals surface area contributed by atoms with Gasteiger partial charge in [-0.3, -0.25) is 0 Å². The van der Waals surface area contributed by atoms with Gasteiger partial charge < -0.3 is 10.2 Å². The van der Waals surface area contributed by atoms with Gasteiger partial charge in [0.2, 0.25) is 0 Å². The van der Waals surface area contributed by atoms with Crippen LogP contribution >= 0.6 is 0 Å². The molecule has 0 aromatic carbocycles. The Hall–Kier alpha value is -1.38. The minimum atomic E-state index is -0.181. The fourth-order valence-corrected chi connectivity index (χ4v) is 6.60. The first-order valence-electron chi connectivity index (χ1n) is 17.0. The number of unbranched alkanes of at least 4 members (excludes halogenated alkanes) is 1. The smallest absolute Gasteiger partial charge is 0.0574 e. The van der Waals surface area contributed by atoms with E-state index >= 15 is 0 Å². The summed E-state index contributed by atoms with van der Waals surface area (Å²) in [5.74, 6) is 2.62. The second-order valence-corrected chi connectivity index (χ2v) is 14.6. The fourth-order valence-electron chi connectivity index (χ4n) is 6.60. The quantitative estimate of drug-likeness (QED) is 0.0980. The molecule has 0 saturated heterocycles. The van der Waals surface area contributed by atoms with E-state index in [-0.39, 0.29) is 17.6 Å². The highest BCUT2D eigenvalue weighted by molar-refractivity contribution is 5.27. The maximum absolute atomic E-state index is 10.1. The Morgan fingerprint density at radius 3 is 2.17 bits per heavy atom. The van der Waals surface area contributed by atoms with Crippen molar-refractivity contribution >= 4 is 0 Å². The number of aliphatic hydroxyl groups excluding tert-OH is 2. The van der Waals surface area contributed by atoms with Gasteiger partial charge in [0.25, 0.3) is 0 Å². The molecule has 0 amide bonds. The zero-order chi connectivity index (χ0) is 31.0. The van der Waals surface area contributed by atoms with Crippen molar-refractivity contribution < 1.29 is 10.2 Å². The van der Waals surface area contributed by atoms with Gasteiger partial charge >= 0.3 is 0 Å². The van der Waals surface area contributed by atoms with Crippen molar-refractivity contribution in [3.05, 3.63) is 58.7 Å². The number of allylic oxidation sites excluding steroid dienone is 9. The van der Waals surface area contributed by atoms with E-state index in [4.69, 9.17) is 0 Å². The second-order valence-electron chi connectivity index (χ2n) is 14.6. The predicted octanol–water partition coefficient (Wildman–Crippen LogP) is 11.3. The van der Waals surface area contributed by atoms with Crippen LogP contribution in [-0.4, -0.2) is 22.4 Å². The molecule has 0 aliphatic heterocycles. The van der Waals surface area contributed by atoms with Crippen LogP contribution in [0.1, 0.15) is 146 Å². The molecule has 1 aliphatic rings. The topological polar surface area (TPSA) is 40.5 Å². The van der Waals surface area contributed by atoms with Gasteiger partial charge in [-0.1, -0.05) is 126 Å². The number of rotatable bonds is 18. The van der Waals surface area contributed by atoms with Crippen molar-refractivity contribution in [2.75, 3.05) is 0 Å². The van der Waals surface area contributed by atoms with Gasteiger partial charge in [-0.25, -0.2) is 0 Å². The van der Waals surface area contributed by atoms with Crippen molar-refractivity contribution in [1.82, 2.24) is 0 Å². The van der Waals surface area contributed by atoms with E-state index in [0.29, 0.717) is 11.8 Å². The maximum atomic E-state index is 10.1. The number of aliphatic hydroxyl groups is 2. The third-order valence-corrected chi connectivity index (χ3v) is 9.72. The van der Waals surface area contributed by atoms with Gasteiger partial charge in [-0.05, 0) is 108 Å². The third-order valence-electron chi connectivity index (χ3n) is 9.72. The molecular formula is C39H68O2. The molecule has 0 aromatic rings. The lowest BCUT2D eigenvalue weighted by Gasteiger charge is -2.43. The maximum Gasteiger partial charge on any atom is 0.0574 e. The molecule has 5 unspecified atom stereocenters. The van der Waals surface area contributed by atoms with E-state index in [1.165, 1.54) is 67.2 Å². The van der Waals surface area contributed by atoms with Gasteiger partial charge in [-0.2, -0.15) is 0 Å². The Bertz CT molecular complexity index is 883. The second kappa shape index (κ2) is 19.7. The van der Waals surface area contributed by atoms with Crippen molar-refractivity contribution in [2.24, 2.45) is 29.1 Å². The Balaban J connectivity index is 2.30. The first kappa shape index (κ1) is 37.6. The van der Waals surface area contributed by atoms with E-state index in [1.807, 2.05) is 0 Å². The molecule has 1 saturated carbocycles. The SMILES string of the molecule is CCC(O)C/C(C)=C(\C)CCC(C)CCCC(C)CCC/C=C(C)/C=C/C=C(C)/C=C/C1C(C)C[C@@H](O)CC1(C)C. The van der Waals surface area contributed by atoms with Gasteiger partial charge in [0, 0.05) is 0 Å². The molecule has 41 heavy (non-hydrogen) atoms. The molecule has 2 nitrogen and oxygen atoms in total. The minimum absolute atomic E-state index is 0.148. The van der Waals surface area contributed by atoms with E-state index in [0.717, 1.165) is 43.9 Å². The predicted molar refractivity (Wildman–Crippen MR) is 182 cm³/mol. The fraction of sp³-hybridized carbons (Fsp3) is 0.744. The van der Waals surface area contributed by atoms with E-state index < -0.39 is 0 Å². The van der Waals surface area contributed by atoms with Crippen LogP contribution in [0.15, 0.2) is 58.7 Å². The van der Waals surface area contributed by atoms with Gasteiger partial charge in [0.1, 0.15) is 0 Å². The minimum Gasteiger partial charge on any atom is -0.393 e. The number of hydrogen-bond acceptors (Lipinski definition) is 2. The summed E-state index contributed by atoms with van der Waals surface area (Å²) in [7, 11) is 0. The molecular weight excluding hydrogens is 500 g/mol. The van der Waals surface area contributed by atoms with Crippen LogP contribution in [0.5, 0.6) is 0 Å². The molecule has 1 fully saturated rings. The first-order chi connectivity index (χ1) is 19.2. The van der Waals surface area contributed by atoms with Crippen LogP contribution in [0.2, 0.25) is 0 Å². The molecule has 236 valence electrons. The Morgan fingerprint density at radius 2 is 1.54 bits per heavy atom. The summed E-state index contributed by atoms with van der Waals surface area (Å²) in [6.07, 6.45) is 27.0. The summed E-state index contributed by atoms with van der Waals surface area (Å²) in [4.78, 5) is 0. The largest absolute Gasteiger partial charge is 0.393 e.